The summed E-state index contributed by atoms with van der Waals surface area (Å²) in [6.45, 7) is 3.10. The minimum Gasteiger partial charge on any atom is -0.364 e. The maximum absolute atomic E-state index is 13.0. The van der Waals surface area contributed by atoms with Crippen LogP contribution in [0.5, 0.6) is 0 Å². The summed E-state index contributed by atoms with van der Waals surface area (Å²) in [6, 6.07) is 5.52. The molecule has 0 fully saturated rings. The summed E-state index contributed by atoms with van der Waals surface area (Å²) < 4.78 is 1.77. The van der Waals surface area contributed by atoms with Gasteiger partial charge in [0.25, 0.3) is 11.8 Å². The van der Waals surface area contributed by atoms with E-state index in [0.29, 0.717) is 48.1 Å². The molecule has 25 heavy (non-hydrogen) atoms. The van der Waals surface area contributed by atoms with Gasteiger partial charge in [-0.05, 0) is 25.1 Å². The van der Waals surface area contributed by atoms with E-state index < -0.39 is 5.91 Å². The fourth-order valence-corrected chi connectivity index (χ4v) is 3.11. The van der Waals surface area contributed by atoms with Gasteiger partial charge in [-0.2, -0.15) is 0 Å². The van der Waals surface area contributed by atoms with E-state index >= 15 is 0 Å². The highest BCUT2D eigenvalue weighted by molar-refractivity contribution is 5.98. The maximum atomic E-state index is 13.0. The molecule has 4 heterocycles. The molecule has 0 radical (unpaired) electrons. The van der Waals surface area contributed by atoms with Crippen LogP contribution >= 0.6 is 0 Å². The number of aromatic nitrogens is 4. The highest BCUT2D eigenvalue weighted by Crippen LogP contribution is 2.20. The first-order valence-electron chi connectivity index (χ1n) is 7.90. The van der Waals surface area contributed by atoms with Crippen molar-refractivity contribution < 1.29 is 9.59 Å². The van der Waals surface area contributed by atoms with Gasteiger partial charge < -0.3 is 15.2 Å². The van der Waals surface area contributed by atoms with Crippen molar-refractivity contribution in [2.45, 2.75) is 20.0 Å². The van der Waals surface area contributed by atoms with Crippen LogP contribution in [0.4, 0.5) is 0 Å². The Hall–Kier alpha value is -3.29. The molecule has 2 amide bonds. The predicted octanol–water partition coefficient (Wildman–Crippen LogP) is 0.890. The van der Waals surface area contributed by atoms with Gasteiger partial charge in [0.1, 0.15) is 11.5 Å². The SMILES string of the molecule is Cc1nc2ncccc2cc1C(=O)N1CCn2c(C(N)=O)cnc2C1. The van der Waals surface area contributed by atoms with Crippen LogP contribution in [0, 0.1) is 6.92 Å². The summed E-state index contributed by atoms with van der Waals surface area (Å²) in [7, 11) is 0. The molecule has 0 aromatic carbocycles. The van der Waals surface area contributed by atoms with Crippen LogP contribution in [-0.4, -0.2) is 42.8 Å². The van der Waals surface area contributed by atoms with E-state index in [-0.39, 0.29) is 5.91 Å². The fraction of sp³-hybridized carbons (Fsp3) is 0.235. The van der Waals surface area contributed by atoms with Gasteiger partial charge in [0.05, 0.1) is 24.0 Å². The van der Waals surface area contributed by atoms with Gasteiger partial charge >= 0.3 is 0 Å². The predicted molar refractivity (Wildman–Crippen MR) is 89.8 cm³/mol. The van der Waals surface area contributed by atoms with Crippen LogP contribution in [-0.2, 0) is 13.1 Å². The number of hydrogen-bond donors (Lipinski definition) is 1. The molecule has 1 aliphatic heterocycles. The first-order valence-corrected chi connectivity index (χ1v) is 7.90. The molecule has 1 aliphatic rings. The Labute approximate surface area is 143 Å². The highest BCUT2D eigenvalue weighted by atomic mass is 16.2. The van der Waals surface area contributed by atoms with E-state index in [9.17, 15) is 9.59 Å². The second kappa shape index (κ2) is 5.66. The number of hydrogen-bond acceptors (Lipinski definition) is 5. The Bertz CT molecular complexity index is 1010. The molecule has 0 unspecified atom stereocenters. The third-order valence-corrected chi connectivity index (χ3v) is 4.41. The van der Waals surface area contributed by atoms with Crippen molar-refractivity contribution in [3.05, 3.63) is 53.4 Å². The van der Waals surface area contributed by atoms with E-state index in [2.05, 4.69) is 15.0 Å². The lowest BCUT2D eigenvalue weighted by Gasteiger charge is -2.28. The minimum absolute atomic E-state index is 0.106. The number of nitrogens with zero attached hydrogens (tertiary/aromatic N) is 5. The number of pyridine rings is 2. The average Bonchev–Trinajstić information content (AvgIpc) is 3.04. The molecule has 8 nitrogen and oxygen atoms in total. The normalized spacial score (nSPS) is 13.7. The smallest absolute Gasteiger partial charge is 0.266 e. The van der Waals surface area contributed by atoms with Crippen LogP contribution in [0.3, 0.4) is 0 Å². The number of aryl methyl sites for hydroxylation is 1. The van der Waals surface area contributed by atoms with Gasteiger partial charge in [0.2, 0.25) is 0 Å². The Balaban J connectivity index is 1.65. The molecule has 0 aliphatic carbocycles. The second-order valence-corrected chi connectivity index (χ2v) is 5.97. The topological polar surface area (TPSA) is 107 Å². The Morgan fingerprint density at radius 3 is 2.88 bits per heavy atom. The molecule has 2 N–H and O–H groups in total. The summed E-state index contributed by atoms with van der Waals surface area (Å²) in [5, 5.41) is 0.825. The van der Waals surface area contributed by atoms with Gasteiger partial charge in [-0.1, -0.05) is 0 Å². The van der Waals surface area contributed by atoms with Gasteiger partial charge in [-0.3, -0.25) is 9.59 Å². The third kappa shape index (κ3) is 2.51. The van der Waals surface area contributed by atoms with Crippen molar-refractivity contribution in [1.29, 1.82) is 0 Å². The lowest BCUT2D eigenvalue weighted by molar-refractivity contribution is 0.0705. The number of imidazole rings is 1. The van der Waals surface area contributed by atoms with E-state index in [1.807, 2.05) is 18.2 Å². The molecule has 4 rings (SSSR count). The molecule has 0 atom stereocenters. The van der Waals surface area contributed by atoms with Crippen LogP contribution in [0.1, 0.15) is 32.4 Å². The van der Waals surface area contributed by atoms with Gasteiger partial charge in [-0.25, -0.2) is 15.0 Å². The average molecular weight is 336 g/mol. The lowest BCUT2D eigenvalue weighted by Crippen LogP contribution is -2.39. The largest absolute Gasteiger partial charge is 0.364 e. The number of carbonyl (C=O) groups is 2. The Morgan fingerprint density at radius 1 is 1.24 bits per heavy atom. The number of fused-ring (bicyclic) bond motifs is 2. The van der Waals surface area contributed by atoms with Gasteiger partial charge in [-0.15, -0.1) is 0 Å². The minimum atomic E-state index is -0.513. The highest BCUT2D eigenvalue weighted by Gasteiger charge is 2.26. The van der Waals surface area contributed by atoms with E-state index in [0.717, 1.165) is 5.39 Å². The summed E-state index contributed by atoms with van der Waals surface area (Å²) in [5.41, 5.74) is 7.53. The zero-order chi connectivity index (χ0) is 17.6. The van der Waals surface area contributed by atoms with Crippen molar-refractivity contribution in [3.8, 4) is 0 Å². The van der Waals surface area contributed by atoms with Crippen molar-refractivity contribution in [2.24, 2.45) is 5.73 Å². The Morgan fingerprint density at radius 2 is 2.08 bits per heavy atom. The standard InChI is InChI=1S/C17H16N6O2/c1-10-12(7-11-3-2-4-19-16(11)21-10)17(25)22-5-6-23-13(15(18)24)8-20-14(23)9-22/h2-4,7-8H,5-6,9H2,1H3,(H2,18,24). The zero-order valence-corrected chi connectivity index (χ0v) is 13.6. The van der Waals surface area contributed by atoms with Crippen LogP contribution in [0.25, 0.3) is 11.0 Å². The summed E-state index contributed by atoms with van der Waals surface area (Å²) in [5.74, 6) is 0.0349. The van der Waals surface area contributed by atoms with Crippen LogP contribution in [0.2, 0.25) is 0 Å². The van der Waals surface area contributed by atoms with Crippen molar-refractivity contribution in [2.75, 3.05) is 6.54 Å². The molecule has 3 aromatic heterocycles. The van der Waals surface area contributed by atoms with Crippen LogP contribution in [0.15, 0.2) is 30.6 Å². The van der Waals surface area contributed by atoms with Crippen molar-refractivity contribution >= 4 is 22.8 Å². The first-order chi connectivity index (χ1) is 12.0. The van der Waals surface area contributed by atoms with E-state index in [4.69, 9.17) is 5.73 Å². The molecule has 8 heteroatoms. The number of amides is 2. The molecule has 0 spiro atoms. The lowest BCUT2D eigenvalue weighted by atomic mass is 10.1. The van der Waals surface area contributed by atoms with E-state index in [1.165, 1.54) is 6.20 Å². The van der Waals surface area contributed by atoms with E-state index in [1.54, 1.807) is 22.6 Å². The quantitative estimate of drug-likeness (QED) is 0.748. The summed E-state index contributed by atoms with van der Waals surface area (Å²) >= 11 is 0. The molecule has 0 bridgehead atoms. The van der Waals surface area contributed by atoms with Crippen molar-refractivity contribution in [3.63, 3.8) is 0 Å². The maximum Gasteiger partial charge on any atom is 0.266 e. The van der Waals surface area contributed by atoms with Crippen molar-refractivity contribution in [1.82, 2.24) is 24.4 Å². The first kappa shape index (κ1) is 15.3. The van der Waals surface area contributed by atoms with Gasteiger partial charge in [0.15, 0.2) is 5.65 Å². The van der Waals surface area contributed by atoms with Gasteiger partial charge in [0, 0.05) is 24.7 Å². The monoisotopic (exact) mass is 336 g/mol. The molecular formula is C17H16N6O2. The summed E-state index contributed by atoms with van der Waals surface area (Å²) in [4.78, 5) is 38.9. The molecule has 0 saturated carbocycles. The third-order valence-electron chi connectivity index (χ3n) is 4.41. The Kier molecular flexibility index (Phi) is 3.45. The number of nitrogens with two attached hydrogens (primary N) is 1. The molecular weight excluding hydrogens is 320 g/mol. The number of rotatable bonds is 2. The number of primary amides is 1. The fourth-order valence-electron chi connectivity index (χ4n) is 3.11. The molecule has 126 valence electrons. The molecule has 3 aromatic rings. The zero-order valence-electron chi connectivity index (χ0n) is 13.6. The molecule has 0 saturated heterocycles. The summed E-state index contributed by atoms with van der Waals surface area (Å²) in [6.07, 6.45) is 3.14. The van der Waals surface area contributed by atoms with Crippen LogP contribution < -0.4 is 5.73 Å². The second-order valence-electron chi connectivity index (χ2n) is 5.97. The number of carbonyl (C=O) groups excluding carboxylic acids is 2.